The molecule has 0 radical (unpaired) electrons. The number of benzene rings is 1. The van der Waals surface area contributed by atoms with E-state index < -0.39 is 11.6 Å². The maximum absolute atomic E-state index is 12.9. The summed E-state index contributed by atoms with van der Waals surface area (Å²) in [6.45, 7) is 5.39. The molecular weight excluding hydrogens is 261 g/mol. The standard InChI is InChI=1S/C14H16FN3O2/c1-9-8-12(18-20-9)16-13(19)17-14(2,3)10-4-6-11(15)7-5-10/h4-8H,1-3H3,(H2,16,17,18,19). The first kappa shape index (κ1) is 14.0. The van der Waals surface area contributed by atoms with E-state index >= 15 is 0 Å². The molecule has 106 valence electrons. The average molecular weight is 277 g/mol. The fourth-order valence-electron chi connectivity index (χ4n) is 1.80. The molecule has 1 aromatic carbocycles. The summed E-state index contributed by atoms with van der Waals surface area (Å²) in [5.74, 6) is 0.639. The zero-order valence-electron chi connectivity index (χ0n) is 11.5. The molecule has 6 heteroatoms. The number of urea groups is 1. The van der Waals surface area contributed by atoms with Crippen LogP contribution in [0, 0.1) is 12.7 Å². The van der Waals surface area contributed by atoms with Crippen molar-refractivity contribution in [3.05, 3.63) is 47.5 Å². The Bertz CT molecular complexity index is 605. The van der Waals surface area contributed by atoms with Gasteiger partial charge in [0.15, 0.2) is 5.82 Å². The highest BCUT2D eigenvalue weighted by Crippen LogP contribution is 2.20. The summed E-state index contributed by atoms with van der Waals surface area (Å²) in [6.07, 6.45) is 0. The molecule has 5 nitrogen and oxygen atoms in total. The minimum Gasteiger partial charge on any atom is -0.360 e. The van der Waals surface area contributed by atoms with Crippen molar-refractivity contribution in [3.8, 4) is 0 Å². The monoisotopic (exact) mass is 277 g/mol. The first-order chi connectivity index (χ1) is 9.37. The number of carbonyl (C=O) groups is 1. The number of nitrogens with zero attached hydrogens (tertiary/aromatic N) is 1. The number of nitrogens with one attached hydrogen (secondary N) is 2. The van der Waals surface area contributed by atoms with Gasteiger partial charge in [-0.05, 0) is 38.5 Å². The van der Waals surface area contributed by atoms with Crippen molar-refractivity contribution in [3.63, 3.8) is 0 Å². The van der Waals surface area contributed by atoms with Crippen LogP contribution < -0.4 is 10.6 Å². The number of aryl methyl sites for hydroxylation is 1. The zero-order chi connectivity index (χ0) is 14.8. The Balaban J connectivity index is 2.03. The van der Waals surface area contributed by atoms with Gasteiger partial charge in [-0.2, -0.15) is 0 Å². The topological polar surface area (TPSA) is 67.2 Å². The van der Waals surface area contributed by atoms with E-state index in [0.717, 1.165) is 5.56 Å². The summed E-state index contributed by atoms with van der Waals surface area (Å²) in [5, 5.41) is 9.04. The van der Waals surface area contributed by atoms with Crippen LogP contribution in [0.25, 0.3) is 0 Å². The SMILES string of the molecule is Cc1cc(NC(=O)NC(C)(C)c2ccc(F)cc2)no1. The summed E-state index contributed by atoms with van der Waals surface area (Å²) in [5.41, 5.74) is 0.154. The molecule has 0 aliphatic heterocycles. The lowest BCUT2D eigenvalue weighted by Gasteiger charge is -2.26. The van der Waals surface area contributed by atoms with Crippen molar-refractivity contribution >= 4 is 11.8 Å². The summed E-state index contributed by atoms with van der Waals surface area (Å²) >= 11 is 0. The number of halogens is 1. The Hall–Kier alpha value is -2.37. The van der Waals surface area contributed by atoms with Gasteiger partial charge in [0.05, 0.1) is 5.54 Å². The van der Waals surface area contributed by atoms with E-state index in [1.807, 2.05) is 13.8 Å². The minimum absolute atomic E-state index is 0.313. The molecule has 0 saturated heterocycles. The van der Waals surface area contributed by atoms with Gasteiger partial charge in [0.25, 0.3) is 0 Å². The molecule has 0 aliphatic carbocycles. The van der Waals surface area contributed by atoms with Crippen LogP contribution in [0.1, 0.15) is 25.2 Å². The van der Waals surface area contributed by atoms with Crippen LogP contribution in [0.5, 0.6) is 0 Å². The van der Waals surface area contributed by atoms with Crippen LogP contribution in [0.3, 0.4) is 0 Å². The number of aromatic nitrogens is 1. The predicted molar refractivity (Wildman–Crippen MR) is 72.8 cm³/mol. The van der Waals surface area contributed by atoms with Crippen molar-refractivity contribution in [2.75, 3.05) is 5.32 Å². The van der Waals surface area contributed by atoms with Gasteiger partial charge in [0.2, 0.25) is 0 Å². The van der Waals surface area contributed by atoms with Gasteiger partial charge in [-0.1, -0.05) is 17.3 Å². The predicted octanol–water partition coefficient (Wildman–Crippen LogP) is 3.18. The third kappa shape index (κ3) is 3.34. The molecule has 1 heterocycles. The Morgan fingerprint density at radius 1 is 1.30 bits per heavy atom. The molecule has 0 unspecified atom stereocenters. The van der Waals surface area contributed by atoms with Gasteiger partial charge in [-0.3, -0.25) is 5.32 Å². The molecule has 2 amide bonds. The van der Waals surface area contributed by atoms with Crippen LogP contribution in [-0.2, 0) is 5.54 Å². The van der Waals surface area contributed by atoms with Gasteiger partial charge in [0.1, 0.15) is 11.6 Å². The third-order valence-electron chi connectivity index (χ3n) is 2.86. The van der Waals surface area contributed by atoms with Crippen molar-refractivity contribution in [1.29, 1.82) is 0 Å². The number of hydrogen-bond acceptors (Lipinski definition) is 3. The molecule has 2 rings (SSSR count). The first-order valence-corrected chi connectivity index (χ1v) is 6.15. The lowest BCUT2D eigenvalue weighted by atomic mass is 9.94. The van der Waals surface area contributed by atoms with Gasteiger partial charge >= 0.3 is 6.03 Å². The average Bonchev–Trinajstić information content (AvgIpc) is 2.74. The molecule has 2 aromatic rings. The highest BCUT2D eigenvalue weighted by atomic mass is 19.1. The molecular formula is C14H16FN3O2. The Kier molecular flexibility index (Phi) is 3.74. The smallest absolute Gasteiger partial charge is 0.321 e. The lowest BCUT2D eigenvalue weighted by Crippen LogP contribution is -2.43. The molecule has 0 spiro atoms. The summed E-state index contributed by atoms with van der Waals surface area (Å²) in [7, 11) is 0. The number of hydrogen-bond donors (Lipinski definition) is 2. The summed E-state index contributed by atoms with van der Waals surface area (Å²) < 4.78 is 17.8. The van der Waals surface area contributed by atoms with Crippen LogP contribution in [0.15, 0.2) is 34.9 Å². The molecule has 0 aliphatic rings. The number of carbonyl (C=O) groups excluding carboxylic acids is 1. The molecule has 0 atom stereocenters. The van der Waals surface area contributed by atoms with Crippen LogP contribution in [-0.4, -0.2) is 11.2 Å². The third-order valence-corrected chi connectivity index (χ3v) is 2.86. The van der Waals surface area contributed by atoms with E-state index in [1.165, 1.54) is 12.1 Å². The number of anilines is 1. The largest absolute Gasteiger partial charge is 0.360 e. The maximum atomic E-state index is 12.9. The Morgan fingerprint density at radius 2 is 1.95 bits per heavy atom. The Labute approximate surface area is 116 Å². The first-order valence-electron chi connectivity index (χ1n) is 6.15. The van der Waals surface area contributed by atoms with Crippen LogP contribution in [0.2, 0.25) is 0 Å². The van der Waals surface area contributed by atoms with Crippen molar-refractivity contribution in [2.24, 2.45) is 0 Å². The normalized spacial score (nSPS) is 11.2. The van der Waals surface area contributed by atoms with E-state index in [0.29, 0.717) is 11.6 Å². The molecule has 20 heavy (non-hydrogen) atoms. The van der Waals surface area contributed by atoms with Gasteiger partial charge in [-0.15, -0.1) is 0 Å². The lowest BCUT2D eigenvalue weighted by molar-refractivity contribution is 0.241. The fraction of sp³-hybridized carbons (Fsp3) is 0.286. The molecule has 0 fully saturated rings. The van der Waals surface area contributed by atoms with Crippen molar-refractivity contribution in [1.82, 2.24) is 10.5 Å². The van der Waals surface area contributed by atoms with Gasteiger partial charge in [-0.25, -0.2) is 9.18 Å². The molecule has 0 saturated carbocycles. The molecule has 1 aromatic heterocycles. The van der Waals surface area contributed by atoms with E-state index in [9.17, 15) is 9.18 Å². The van der Waals surface area contributed by atoms with E-state index in [1.54, 1.807) is 25.1 Å². The van der Waals surface area contributed by atoms with Crippen LogP contribution >= 0.6 is 0 Å². The maximum Gasteiger partial charge on any atom is 0.321 e. The quantitative estimate of drug-likeness (QED) is 0.905. The molecule has 0 bridgehead atoms. The highest BCUT2D eigenvalue weighted by Gasteiger charge is 2.23. The van der Waals surface area contributed by atoms with E-state index in [4.69, 9.17) is 4.52 Å². The zero-order valence-corrected chi connectivity index (χ0v) is 11.5. The summed E-state index contributed by atoms with van der Waals surface area (Å²) in [6, 6.07) is 7.19. The Morgan fingerprint density at radius 3 is 2.50 bits per heavy atom. The highest BCUT2D eigenvalue weighted by molar-refractivity contribution is 5.88. The summed E-state index contributed by atoms with van der Waals surface area (Å²) in [4.78, 5) is 11.9. The number of amides is 2. The second kappa shape index (κ2) is 5.32. The second-order valence-electron chi connectivity index (χ2n) is 5.03. The van der Waals surface area contributed by atoms with Crippen LogP contribution in [0.4, 0.5) is 15.0 Å². The van der Waals surface area contributed by atoms with Crippen molar-refractivity contribution < 1.29 is 13.7 Å². The van der Waals surface area contributed by atoms with Gasteiger partial charge in [0, 0.05) is 6.07 Å². The van der Waals surface area contributed by atoms with E-state index in [2.05, 4.69) is 15.8 Å². The number of rotatable bonds is 3. The fourth-order valence-corrected chi connectivity index (χ4v) is 1.80. The molecule has 2 N–H and O–H groups in total. The van der Waals surface area contributed by atoms with E-state index in [-0.39, 0.29) is 5.82 Å². The van der Waals surface area contributed by atoms with Gasteiger partial charge < -0.3 is 9.84 Å². The minimum atomic E-state index is -0.642. The second-order valence-corrected chi connectivity index (χ2v) is 5.03. The van der Waals surface area contributed by atoms with Crippen molar-refractivity contribution in [2.45, 2.75) is 26.3 Å².